The predicted molar refractivity (Wildman–Crippen MR) is 44.2 cm³/mol. The van der Waals surface area contributed by atoms with E-state index in [1.807, 2.05) is 0 Å². The number of halogens is 1. The van der Waals surface area contributed by atoms with Crippen LogP contribution >= 0.6 is 11.6 Å². The van der Waals surface area contributed by atoms with Gasteiger partial charge in [0, 0.05) is 11.5 Å². The zero-order chi connectivity index (χ0) is 8.27. The summed E-state index contributed by atoms with van der Waals surface area (Å²) in [6.07, 6.45) is 3.47. The van der Waals surface area contributed by atoms with Gasteiger partial charge in [-0.05, 0) is 12.5 Å². The molecular formula is C8H11ClO2. The SMILES string of the molecule is COC1=C(OC)CCC(Cl)=C1. The second-order valence-corrected chi connectivity index (χ2v) is 2.77. The highest BCUT2D eigenvalue weighted by Gasteiger charge is 2.12. The van der Waals surface area contributed by atoms with Gasteiger partial charge in [-0.1, -0.05) is 11.6 Å². The highest BCUT2D eigenvalue weighted by molar-refractivity contribution is 6.29. The molecule has 0 radical (unpaired) electrons. The molecule has 0 saturated heterocycles. The molecule has 0 bridgehead atoms. The van der Waals surface area contributed by atoms with Crippen LogP contribution in [0.3, 0.4) is 0 Å². The maximum Gasteiger partial charge on any atom is 0.157 e. The van der Waals surface area contributed by atoms with Crippen molar-refractivity contribution < 1.29 is 9.47 Å². The van der Waals surface area contributed by atoms with E-state index in [-0.39, 0.29) is 0 Å². The average Bonchev–Trinajstić information content (AvgIpc) is 2.04. The minimum atomic E-state index is 0.740. The molecule has 1 rings (SSSR count). The molecule has 0 saturated carbocycles. The topological polar surface area (TPSA) is 18.5 Å². The van der Waals surface area contributed by atoms with Crippen molar-refractivity contribution in [2.45, 2.75) is 12.8 Å². The molecule has 1 aliphatic rings. The van der Waals surface area contributed by atoms with Gasteiger partial charge in [0.05, 0.1) is 14.2 Å². The Labute approximate surface area is 71.4 Å². The van der Waals surface area contributed by atoms with Gasteiger partial charge in [0.1, 0.15) is 5.76 Å². The summed E-state index contributed by atoms with van der Waals surface area (Å²) in [7, 11) is 3.25. The van der Waals surface area contributed by atoms with Gasteiger partial charge < -0.3 is 9.47 Å². The smallest absolute Gasteiger partial charge is 0.157 e. The summed E-state index contributed by atoms with van der Waals surface area (Å²) in [4.78, 5) is 0. The van der Waals surface area contributed by atoms with Crippen molar-refractivity contribution in [3.05, 3.63) is 22.6 Å². The molecule has 0 spiro atoms. The summed E-state index contributed by atoms with van der Waals surface area (Å²) in [5.41, 5.74) is 0. The Bertz CT molecular complexity index is 206. The summed E-state index contributed by atoms with van der Waals surface area (Å²) in [6.45, 7) is 0. The summed E-state index contributed by atoms with van der Waals surface area (Å²) < 4.78 is 10.2. The van der Waals surface area contributed by atoms with Gasteiger partial charge in [-0.3, -0.25) is 0 Å². The highest BCUT2D eigenvalue weighted by Crippen LogP contribution is 2.26. The fraction of sp³-hybridized carbons (Fsp3) is 0.500. The van der Waals surface area contributed by atoms with E-state index in [0.29, 0.717) is 0 Å². The third kappa shape index (κ3) is 1.90. The minimum absolute atomic E-state index is 0.740. The number of hydrogen-bond acceptors (Lipinski definition) is 2. The largest absolute Gasteiger partial charge is 0.497 e. The fourth-order valence-electron chi connectivity index (χ4n) is 1.03. The fourth-order valence-corrected chi connectivity index (χ4v) is 1.22. The van der Waals surface area contributed by atoms with Gasteiger partial charge in [0.25, 0.3) is 0 Å². The summed E-state index contributed by atoms with van der Waals surface area (Å²) in [6, 6.07) is 0. The van der Waals surface area contributed by atoms with Crippen molar-refractivity contribution in [3.63, 3.8) is 0 Å². The monoisotopic (exact) mass is 174 g/mol. The maximum absolute atomic E-state index is 5.80. The highest BCUT2D eigenvalue weighted by atomic mass is 35.5. The molecule has 0 aromatic rings. The second-order valence-electron chi connectivity index (χ2n) is 2.29. The first kappa shape index (κ1) is 8.47. The molecule has 1 aliphatic carbocycles. The molecule has 0 atom stereocenters. The van der Waals surface area contributed by atoms with Crippen LogP contribution in [0.5, 0.6) is 0 Å². The molecule has 0 aromatic carbocycles. The van der Waals surface area contributed by atoms with Crippen molar-refractivity contribution in [1.82, 2.24) is 0 Å². The van der Waals surface area contributed by atoms with Crippen LogP contribution in [0.25, 0.3) is 0 Å². The van der Waals surface area contributed by atoms with Gasteiger partial charge >= 0.3 is 0 Å². The summed E-state index contributed by atoms with van der Waals surface area (Å²) in [5, 5.41) is 0.822. The molecule has 0 fully saturated rings. The Morgan fingerprint density at radius 1 is 1.27 bits per heavy atom. The Hall–Kier alpha value is -0.630. The van der Waals surface area contributed by atoms with Gasteiger partial charge in [0.15, 0.2) is 5.76 Å². The van der Waals surface area contributed by atoms with Crippen molar-refractivity contribution >= 4 is 11.6 Å². The zero-order valence-electron chi connectivity index (χ0n) is 6.69. The van der Waals surface area contributed by atoms with E-state index < -0.39 is 0 Å². The number of rotatable bonds is 2. The van der Waals surface area contributed by atoms with E-state index >= 15 is 0 Å². The van der Waals surface area contributed by atoms with Crippen molar-refractivity contribution in [1.29, 1.82) is 0 Å². The van der Waals surface area contributed by atoms with E-state index in [1.165, 1.54) is 0 Å². The van der Waals surface area contributed by atoms with E-state index in [0.717, 1.165) is 29.4 Å². The first-order chi connectivity index (χ1) is 5.27. The van der Waals surface area contributed by atoms with Gasteiger partial charge in [0.2, 0.25) is 0 Å². The molecule has 0 aliphatic heterocycles. The Kier molecular flexibility index (Phi) is 2.83. The first-order valence-corrected chi connectivity index (χ1v) is 3.83. The zero-order valence-corrected chi connectivity index (χ0v) is 7.44. The van der Waals surface area contributed by atoms with Crippen molar-refractivity contribution in [3.8, 4) is 0 Å². The van der Waals surface area contributed by atoms with E-state index in [2.05, 4.69) is 0 Å². The Balaban J connectivity index is 2.83. The van der Waals surface area contributed by atoms with Gasteiger partial charge in [-0.15, -0.1) is 0 Å². The lowest BCUT2D eigenvalue weighted by Gasteiger charge is -2.14. The van der Waals surface area contributed by atoms with Crippen LogP contribution in [0, 0.1) is 0 Å². The predicted octanol–water partition coefficient (Wildman–Crippen LogP) is 2.41. The minimum Gasteiger partial charge on any atom is -0.497 e. The number of ether oxygens (including phenoxy) is 2. The molecule has 11 heavy (non-hydrogen) atoms. The lowest BCUT2D eigenvalue weighted by Crippen LogP contribution is -2.00. The molecule has 0 unspecified atom stereocenters. The number of methoxy groups -OCH3 is 2. The lowest BCUT2D eigenvalue weighted by atomic mass is 10.1. The molecule has 0 heterocycles. The van der Waals surface area contributed by atoms with E-state index in [4.69, 9.17) is 21.1 Å². The Morgan fingerprint density at radius 2 is 2.00 bits per heavy atom. The third-order valence-corrected chi connectivity index (χ3v) is 1.92. The van der Waals surface area contributed by atoms with Crippen molar-refractivity contribution in [2.75, 3.05) is 14.2 Å². The van der Waals surface area contributed by atoms with Crippen LogP contribution in [0.2, 0.25) is 0 Å². The van der Waals surface area contributed by atoms with Crippen LogP contribution in [0.4, 0.5) is 0 Å². The molecule has 62 valence electrons. The molecule has 0 N–H and O–H groups in total. The summed E-state index contributed by atoms with van der Waals surface area (Å²) >= 11 is 5.80. The van der Waals surface area contributed by atoms with E-state index in [1.54, 1.807) is 20.3 Å². The second kappa shape index (κ2) is 3.67. The standard InChI is InChI=1S/C8H11ClO2/c1-10-7-4-3-6(9)5-8(7)11-2/h5H,3-4H2,1-2H3. The van der Waals surface area contributed by atoms with E-state index in [9.17, 15) is 0 Å². The van der Waals surface area contributed by atoms with Crippen LogP contribution in [0.1, 0.15) is 12.8 Å². The average molecular weight is 175 g/mol. The molecule has 0 aromatic heterocycles. The van der Waals surface area contributed by atoms with Gasteiger partial charge in [-0.2, -0.15) is 0 Å². The Morgan fingerprint density at radius 3 is 2.55 bits per heavy atom. The quantitative estimate of drug-likeness (QED) is 0.640. The van der Waals surface area contributed by atoms with Gasteiger partial charge in [-0.25, -0.2) is 0 Å². The normalized spacial score (nSPS) is 17.9. The summed E-state index contributed by atoms with van der Waals surface area (Å²) in [5.74, 6) is 1.61. The maximum atomic E-state index is 5.80. The first-order valence-electron chi connectivity index (χ1n) is 3.45. The molecule has 2 nitrogen and oxygen atoms in total. The van der Waals surface area contributed by atoms with Crippen molar-refractivity contribution in [2.24, 2.45) is 0 Å². The third-order valence-electron chi connectivity index (χ3n) is 1.62. The molecule has 0 amide bonds. The lowest BCUT2D eigenvalue weighted by molar-refractivity contribution is 0.218. The number of hydrogen-bond donors (Lipinski definition) is 0. The van der Waals surface area contributed by atoms with Crippen LogP contribution in [-0.4, -0.2) is 14.2 Å². The van der Waals surface area contributed by atoms with Crippen LogP contribution in [0.15, 0.2) is 22.6 Å². The van der Waals surface area contributed by atoms with Crippen LogP contribution in [-0.2, 0) is 9.47 Å². The molecule has 3 heteroatoms. The number of allylic oxidation sites excluding steroid dienone is 3. The molecular weight excluding hydrogens is 164 g/mol. The van der Waals surface area contributed by atoms with Crippen LogP contribution < -0.4 is 0 Å².